The molecule has 0 radical (unpaired) electrons. The van der Waals surface area contributed by atoms with Gasteiger partial charge in [-0.1, -0.05) is 0 Å². The average molecular weight is 607 g/mol. The number of alkyl halides is 3. The number of carbonyl (C=O) groups is 1. The van der Waals surface area contributed by atoms with Gasteiger partial charge in [0.05, 0.1) is 56.2 Å². The molecule has 0 unspecified atom stereocenters. The van der Waals surface area contributed by atoms with Crippen LogP contribution in [0.2, 0.25) is 0 Å². The molecule has 0 bridgehead atoms. The number of anilines is 1. The fourth-order valence-corrected chi connectivity index (χ4v) is 4.40. The summed E-state index contributed by atoms with van der Waals surface area (Å²) in [4.78, 5) is 25.7. The lowest BCUT2D eigenvalue weighted by molar-refractivity contribution is -0.137. The van der Waals surface area contributed by atoms with Crippen molar-refractivity contribution >= 4 is 22.6 Å². The maximum Gasteiger partial charge on any atom is 0.418 e. The molecule has 4 heterocycles. The Labute approximate surface area is 248 Å². The van der Waals surface area contributed by atoms with E-state index in [4.69, 9.17) is 18.9 Å². The number of amides is 1. The first-order valence-corrected chi connectivity index (χ1v) is 13.4. The molecule has 1 fully saturated rings. The molecule has 0 atom stereocenters. The van der Waals surface area contributed by atoms with Crippen molar-refractivity contribution in [3.05, 3.63) is 78.6 Å². The van der Waals surface area contributed by atoms with E-state index in [1.54, 1.807) is 30.5 Å². The summed E-state index contributed by atoms with van der Waals surface area (Å²) in [6.07, 6.45) is 3.62. The molecule has 44 heavy (non-hydrogen) atoms. The predicted octanol–water partition coefficient (Wildman–Crippen LogP) is 6.08. The summed E-state index contributed by atoms with van der Waals surface area (Å²) in [5.74, 6) is 1.72. The van der Waals surface area contributed by atoms with Crippen LogP contribution in [-0.4, -0.2) is 51.5 Å². The largest absolute Gasteiger partial charge is 0.493 e. The van der Waals surface area contributed by atoms with Crippen molar-refractivity contribution in [1.29, 1.82) is 0 Å². The van der Waals surface area contributed by atoms with Crippen LogP contribution in [0, 0.1) is 5.92 Å². The molecule has 0 aliphatic heterocycles. The number of carbonyl (C=O) groups excluding carboxylic acids is 1. The minimum absolute atomic E-state index is 0.0444. The van der Waals surface area contributed by atoms with E-state index in [0.29, 0.717) is 46.4 Å². The molecule has 1 saturated carbocycles. The van der Waals surface area contributed by atoms with E-state index in [1.807, 2.05) is 0 Å². The molecule has 6 rings (SSSR count). The van der Waals surface area contributed by atoms with Gasteiger partial charge in [0.25, 0.3) is 5.91 Å². The number of aromatic nitrogens is 5. The van der Waals surface area contributed by atoms with E-state index in [0.717, 1.165) is 36.0 Å². The summed E-state index contributed by atoms with van der Waals surface area (Å²) in [6.45, 7) is 0.317. The minimum Gasteiger partial charge on any atom is -0.493 e. The summed E-state index contributed by atoms with van der Waals surface area (Å²) in [5, 5.41) is 7.44. The smallest absolute Gasteiger partial charge is 0.418 e. The second-order valence-corrected chi connectivity index (χ2v) is 9.90. The molecule has 4 aromatic heterocycles. The molecular formula is C30H25F3N6O5. The first-order valence-electron chi connectivity index (χ1n) is 13.4. The molecule has 1 aliphatic rings. The summed E-state index contributed by atoms with van der Waals surface area (Å²) in [5.41, 5.74) is -0.857. The fraction of sp³-hybridized carbons (Fsp3) is 0.233. The van der Waals surface area contributed by atoms with Crippen LogP contribution in [0.25, 0.3) is 16.6 Å². The van der Waals surface area contributed by atoms with Gasteiger partial charge < -0.3 is 24.3 Å². The standard InChI is InChI=1S/C30H25F3N6O5/c1-41-24-11-19-21(12-25(24)42-2)35-10-8-23(19)44-18-5-6-27(36-13-18)37-29(40)28-26(43-16-17-3-4-17)15-39(38-28)22-14-34-9-7-20(22)30(31,32)33/h5-15,17H,3-4,16H2,1-2H3,(H,36,37,40). The van der Waals surface area contributed by atoms with E-state index in [9.17, 15) is 18.0 Å². The highest BCUT2D eigenvalue weighted by atomic mass is 19.4. The maximum atomic E-state index is 13.6. The number of benzene rings is 1. The summed E-state index contributed by atoms with van der Waals surface area (Å²) in [7, 11) is 3.07. The van der Waals surface area contributed by atoms with Gasteiger partial charge in [0.1, 0.15) is 17.3 Å². The molecule has 1 N–H and O–H groups in total. The van der Waals surface area contributed by atoms with Gasteiger partial charge in [-0.05, 0) is 49.1 Å². The Balaban J connectivity index is 1.23. The number of ether oxygens (including phenoxy) is 4. The third-order valence-electron chi connectivity index (χ3n) is 6.83. The van der Waals surface area contributed by atoms with Gasteiger partial charge in [0, 0.05) is 23.8 Å². The molecular weight excluding hydrogens is 581 g/mol. The van der Waals surface area contributed by atoms with Crippen LogP contribution in [0.5, 0.6) is 28.7 Å². The number of methoxy groups -OCH3 is 2. The Morgan fingerprint density at radius 2 is 1.77 bits per heavy atom. The van der Waals surface area contributed by atoms with E-state index in [1.165, 1.54) is 32.7 Å². The zero-order chi connectivity index (χ0) is 30.8. The van der Waals surface area contributed by atoms with Gasteiger partial charge in [-0.2, -0.15) is 18.3 Å². The van der Waals surface area contributed by atoms with Gasteiger partial charge in [-0.3, -0.25) is 14.8 Å². The van der Waals surface area contributed by atoms with Crippen molar-refractivity contribution < 1.29 is 36.9 Å². The number of hydrogen-bond donors (Lipinski definition) is 1. The van der Waals surface area contributed by atoms with E-state index < -0.39 is 17.6 Å². The zero-order valence-corrected chi connectivity index (χ0v) is 23.5. The molecule has 5 aromatic rings. The highest BCUT2D eigenvalue weighted by molar-refractivity contribution is 6.04. The van der Waals surface area contributed by atoms with Gasteiger partial charge in [0.2, 0.25) is 0 Å². The third kappa shape index (κ3) is 6.04. The summed E-state index contributed by atoms with van der Waals surface area (Å²) < 4.78 is 64.5. The van der Waals surface area contributed by atoms with Crippen LogP contribution in [0.1, 0.15) is 28.9 Å². The van der Waals surface area contributed by atoms with Gasteiger partial charge in [-0.25, -0.2) is 9.67 Å². The number of halogens is 3. The second-order valence-electron chi connectivity index (χ2n) is 9.90. The predicted molar refractivity (Wildman–Crippen MR) is 152 cm³/mol. The normalized spacial score (nSPS) is 13.0. The SMILES string of the molecule is COc1cc2nccc(Oc3ccc(NC(=O)c4nn(-c5cnccc5C(F)(F)F)cc4OCC4CC4)nc3)c2cc1OC. The number of nitrogens with one attached hydrogen (secondary N) is 1. The fourth-order valence-electron chi connectivity index (χ4n) is 4.40. The monoisotopic (exact) mass is 606 g/mol. The lowest BCUT2D eigenvalue weighted by Gasteiger charge is -2.12. The van der Waals surface area contributed by atoms with Crippen molar-refractivity contribution in [3.8, 4) is 34.4 Å². The van der Waals surface area contributed by atoms with Crippen LogP contribution in [0.3, 0.4) is 0 Å². The molecule has 1 aromatic carbocycles. The van der Waals surface area contributed by atoms with Crippen molar-refractivity contribution in [2.75, 3.05) is 26.1 Å². The van der Waals surface area contributed by atoms with Crippen molar-refractivity contribution in [1.82, 2.24) is 24.7 Å². The van der Waals surface area contributed by atoms with Gasteiger partial charge >= 0.3 is 6.18 Å². The minimum atomic E-state index is -4.66. The molecule has 1 aliphatic carbocycles. The van der Waals surface area contributed by atoms with Crippen molar-refractivity contribution in [2.45, 2.75) is 19.0 Å². The van der Waals surface area contributed by atoms with Gasteiger partial charge in [-0.15, -0.1) is 0 Å². The van der Waals surface area contributed by atoms with Crippen LogP contribution in [-0.2, 0) is 6.18 Å². The average Bonchev–Trinajstić information content (AvgIpc) is 3.76. The Morgan fingerprint density at radius 1 is 0.977 bits per heavy atom. The molecule has 226 valence electrons. The van der Waals surface area contributed by atoms with Crippen LogP contribution < -0.4 is 24.3 Å². The number of rotatable bonds is 10. The molecule has 0 saturated heterocycles. The van der Waals surface area contributed by atoms with Crippen molar-refractivity contribution in [3.63, 3.8) is 0 Å². The third-order valence-corrected chi connectivity index (χ3v) is 6.83. The highest BCUT2D eigenvalue weighted by Gasteiger charge is 2.35. The van der Waals surface area contributed by atoms with Crippen molar-refractivity contribution in [2.24, 2.45) is 5.92 Å². The Hall–Kier alpha value is -5.40. The molecule has 14 heteroatoms. The Kier molecular flexibility index (Phi) is 7.64. The second kappa shape index (κ2) is 11.7. The van der Waals surface area contributed by atoms with Crippen LogP contribution in [0.4, 0.5) is 19.0 Å². The van der Waals surface area contributed by atoms with Crippen LogP contribution >= 0.6 is 0 Å². The molecule has 0 spiro atoms. The lowest BCUT2D eigenvalue weighted by atomic mass is 10.2. The Morgan fingerprint density at radius 3 is 2.48 bits per heavy atom. The summed E-state index contributed by atoms with van der Waals surface area (Å²) in [6, 6.07) is 9.14. The number of pyridine rings is 3. The number of nitrogens with zero attached hydrogens (tertiary/aromatic N) is 5. The van der Waals surface area contributed by atoms with E-state index in [2.05, 4.69) is 25.4 Å². The maximum absolute atomic E-state index is 13.6. The summed E-state index contributed by atoms with van der Waals surface area (Å²) >= 11 is 0. The molecule has 11 nitrogen and oxygen atoms in total. The first kappa shape index (κ1) is 28.7. The number of fused-ring (bicyclic) bond motifs is 1. The molecule has 1 amide bonds. The topological polar surface area (TPSA) is 123 Å². The lowest BCUT2D eigenvalue weighted by Crippen LogP contribution is -2.16. The van der Waals surface area contributed by atoms with Gasteiger partial charge in [0.15, 0.2) is 22.9 Å². The number of hydrogen-bond acceptors (Lipinski definition) is 9. The first-order chi connectivity index (χ1) is 21.2. The highest BCUT2D eigenvalue weighted by Crippen LogP contribution is 2.37. The Bertz CT molecular complexity index is 1820. The van der Waals surface area contributed by atoms with Crippen LogP contribution in [0.15, 0.2) is 67.4 Å². The quantitative estimate of drug-likeness (QED) is 0.202. The van der Waals surface area contributed by atoms with E-state index in [-0.39, 0.29) is 22.9 Å². The van der Waals surface area contributed by atoms with E-state index >= 15 is 0 Å². The zero-order valence-electron chi connectivity index (χ0n) is 23.5.